The van der Waals surface area contributed by atoms with Gasteiger partial charge in [0.1, 0.15) is 5.75 Å². The number of allylic oxidation sites excluding steroid dienone is 1. The number of aromatic hydroxyl groups is 1. The number of carbonyl (C=O) groups excluding carboxylic acids is 1. The second-order valence-corrected chi connectivity index (χ2v) is 3.38. The zero-order valence-electron chi connectivity index (χ0n) is 8.56. The molecule has 0 bridgehead atoms. The lowest BCUT2D eigenvalue weighted by molar-refractivity contribution is -0.299. The molecule has 80 valence electrons. The Morgan fingerprint density at radius 2 is 2.00 bits per heavy atom. The molecule has 0 saturated carbocycles. The highest BCUT2D eigenvalue weighted by Gasteiger charge is 1.93. The van der Waals surface area contributed by atoms with E-state index in [2.05, 4.69) is 0 Å². The Labute approximate surface area is 88.7 Å². The van der Waals surface area contributed by atoms with Crippen molar-refractivity contribution in [2.75, 3.05) is 0 Å². The van der Waals surface area contributed by atoms with Crippen molar-refractivity contribution in [1.29, 1.82) is 0 Å². The topological polar surface area (TPSA) is 60.4 Å². The highest BCUT2D eigenvalue weighted by molar-refractivity contribution is 5.83. The van der Waals surface area contributed by atoms with E-state index in [0.29, 0.717) is 6.42 Å². The van der Waals surface area contributed by atoms with Crippen molar-refractivity contribution in [3.63, 3.8) is 0 Å². The summed E-state index contributed by atoms with van der Waals surface area (Å²) >= 11 is 0. The lowest BCUT2D eigenvalue weighted by Gasteiger charge is -2.02. The number of hydrogen-bond acceptors (Lipinski definition) is 3. The lowest BCUT2D eigenvalue weighted by Crippen LogP contribution is -2.22. The van der Waals surface area contributed by atoms with Crippen LogP contribution in [0.1, 0.15) is 18.9 Å². The van der Waals surface area contributed by atoms with Crippen LogP contribution in [0.5, 0.6) is 5.75 Å². The molecule has 3 heteroatoms. The van der Waals surface area contributed by atoms with Crippen molar-refractivity contribution in [3.05, 3.63) is 41.5 Å². The van der Waals surface area contributed by atoms with Crippen LogP contribution < -0.4 is 5.11 Å². The Bertz CT molecular complexity index is 363. The molecule has 0 aliphatic heterocycles. The van der Waals surface area contributed by atoms with Gasteiger partial charge in [0.25, 0.3) is 0 Å². The van der Waals surface area contributed by atoms with Crippen molar-refractivity contribution in [2.45, 2.75) is 19.8 Å². The number of rotatable bonds is 4. The Balaban J connectivity index is 2.48. The fraction of sp³-hybridized carbons (Fsp3) is 0.250. The van der Waals surface area contributed by atoms with Crippen LogP contribution in [0.15, 0.2) is 35.9 Å². The van der Waals surface area contributed by atoms with E-state index in [1.165, 1.54) is 6.92 Å². The molecule has 0 aromatic heterocycles. The third kappa shape index (κ3) is 3.85. The molecule has 1 aromatic rings. The first-order valence-corrected chi connectivity index (χ1v) is 4.75. The predicted molar refractivity (Wildman–Crippen MR) is 55.2 cm³/mol. The Hall–Kier alpha value is -1.77. The average molecular weight is 205 g/mol. The van der Waals surface area contributed by atoms with Crippen LogP contribution in [0.4, 0.5) is 0 Å². The van der Waals surface area contributed by atoms with Gasteiger partial charge in [0.05, 0.1) is 5.97 Å². The van der Waals surface area contributed by atoms with Gasteiger partial charge in [0.15, 0.2) is 0 Å². The van der Waals surface area contributed by atoms with Crippen LogP contribution in [-0.4, -0.2) is 11.1 Å². The number of aliphatic carboxylic acids is 1. The number of carboxylic acid groups (broad SMARTS) is 1. The van der Waals surface area contributed by atoms with E-state index in [9.17, 15) is 9.90 Å². The largest absolute Gasteiger partial charge is 0.545 e. The van der Waals surface area contributed by atoms with Gasteiger partial charge in [0.2, 0.25) is 0 Å². The fourth-order valence-corrected chi connectivity index (χ4v) is 1.20. The molecular weight excluding hydrogens is 192 g/mol. The molecule has 0 saturated heterocycles. The molecule has 0 aliphatic carbocycles. The number of hydrogen-bond donors (Lipinski definition) is 1. The van der Waals surface area contributed by atoms with Crippen LogP contribution in [-0.2, 0) is 11.2 Å². The third-order valence-electron chi connectivity index (χ3n) is 2.14. The minimum absolute atomic E-state index is 0.236. The minimum atomic E-state index is -1.12. The van der Waals surface area contributed by atoms with E-state index in [1.807, 2.05) is 12.1 Å². The Morgan fingerprint density at radius 3 is 2.53 bits per heavy atom. The van der Waals surface area contributed by atoms with Gasteiger partial charge < -0.3 is 15.0 Å². The van der Waals surface area contributed by atoms with E-state index >= 15 is 0 Å². The zero-order valence-corrected chi connectivity index (χ0v) is 8.56. The van der Waals surface area contributed by atoms with Gasteiger partial charge in [-0.1, -0.05) is 18.2 Å². The number of carbonyl (C=O) groups is 1. The SMILES string of the molecule is C/C(=C\CCc1ccc(O)cc1)C(=O)[O-]. The maximum absolute atomic E-state index is 10.4. The third-order valence-corrected chi connectivity index (χ3v) is 2.14. The molecule has 0 heterocycles. The summed E-state index contributed by atoms with van der Waals surface area (Å²) in [4.78, 5) is 10.4. The second-order valence-electron chi connectivity index (χ2n) is 3.38. The Morgan fingerprint density at radius 1 is 1.40 bits per heavy atom. The molecule has 0 atom stereocenters. The molecule has 0 radical (unpaired) electrons. The van der Waals surface area contributed by atoms with Crippen molar-refractivity contribution in [2.24, 2.45) is 0 Å². The van der Waals surface area contributed by atoms with Crippen molar-refractivity contribution in [3.8, 4) is 5.75 Å². The highest BCUT2D eigenvalue weighted by Crippen LogP contribution is 2.11. The summed E-state index contributed by atoms with van der Waals surface area (Å²) < 4.78 is 0. The molecule has 3 nitrogen and oxygen atoms in total. The fourth-order valence-electron chi connectivity index (χ4n) is 1.20. The maximum Gasteiger partial charge on any atom is 0.115 e. The highest BCUT2D eigenvalue weighted by atomic mass is 16.4. The van der Waals surface area contributed by atoms with Crippen LogP contribution >= 0.6 is 0 Å². The van der Waals surface area contributed by atoms with E-state index < -0.39 is 5.97 Å². The summed E-state index contributed by atoms with van der Waals surface area (Å²) in [5.74, 6) is -0.888. The molecule has 0 aliphatic rings. The second kappa shape index (κ2) is 5.20. The number of phenolic OH excluding ortho intramolecular Hbond substituents is 1. The van der Waals surface area contributed by atoms with Crippen molar-refractivity contribution >= 4 is 5.97 Å². The summed E-state index contributed by atoms with van der Waals surface area (Å²) in [6.07, 6.45) is 3.05. The molecule has 0 fully saturated rings. The molecule has 1 aromatic carbocycles. The van der Waals surface area contributed by atoms with Crippen molar-refractivity contribution < 1.29 is 15.0 Å². The van der Waals surface area contributed by atoms with Crippen LogP contribution in [0.25, 0.3) is 0 Å². The van der Waals surface area contributed by atoms with E-state index in [4.69, 9.17) is 5.11 Å². The van der Waals surface area contributed by atoms with E-state index in [1.54, 1.807) is 18.2 Å². The number of phenols is 1. The standard InChI is InChI=1S/C12H14O3/c1-9(12(14)15)3-2-4-10-5-7-11(13)8-6-10/h3,5-8,13H,2,4H2,1H3,(H,14,15)/p-1/b9-3+. The molecule has 0 unspecified atom stereocenters. The minimum Gasteiger partial charge on any atom is -0.545 e. The predicted octanol–water partition coefficient (Wildman–Crippen LogP) is 1.02. The molecule has 0 amide bonds. The molecular formula is C12H13O3-. The number of carboxylic acids is 1. The average Bonchev–Trinajstić information content (AvgIpc) is 2.20. The van der Waals surface area contributed by atoms with Gasteiger partial charge >= 0.3 is 0 Å². The van der Waals surface area contributed by atoms with Crippen LogP contribution in [0.3, 0.4) is 0 Å². The summed E-state index contributed by atoms with van der Waals surface area (Å²) in [5.41, 5.74) is 1.32. The van der Waals surface area contributed by atoms with Crippen LogP contribution in [0, 0.1) is 0 Å². The smallest absolute Gasteiger partial charge is 0.115 e. The van der Waals surface area contributed by atoms with Crippen molar-refractivity contribution in [1.82, 2.24) is 0 Å². The van der Waals surface area contributed by atoms with E-state index in [-0.39, 0.29) is 11.3 Å². The summed E-state index contributed by atoms with van der Waals surface area (Å²) in [5, 5.41) is 19.4. The molecule has 1 rings (SSSR count). The quantitative estimate of drug-likeness (QED) is 0.746. The first kappa shape index (κ1) is 11.3. The molecule has 0 spiro atoms. The van der Waals surface area contributed by atoms with Gasteiger partial charge in [-0.15, -0.1) is 0 Å². The zero-order chi connectivity index (χ0) is 11.3. The van der Waals surface area contributed by atoms with E-state index in [0.717, 1.165) is 12.0 Å². The van der Waals surface area contributed by atoms with Gasteiger partial charge in [-0.25, -0.2) is 0 Å². The first-order chi connectivity index (χ1) is 7.09. The van der Waals surface area contributed by atoms with Gasteiger partial charge in [-0.2, -0.15) is 0 Å². The Kier molecular flexibility index (Phi) is 3.92. The monoisotopic (exact) mass is 205 g/mol. The molecule has 1 N–H and O–H groups in total. The van der Waals surface area contributed by atoms with Gasteiger partial charge in [0, 0.05) is 0 Å². The lowest BCUT2D eigenvalue weighted by atomic mass is 10.1. The summed E-state index contributed by atoms with van der Waals surface area (Å²) in [6.45, 7) is 1.52. The van der Waals surface area contributed by atoms with Gasteiger partial charge in [-0.05, 0) is 43.0 Å². The maximum atomic E-state index is 10.4. The number of aryl methyl sites for hydroxylation is 1. The number of benzene rings is 1. The van der Waals surface area contributed by atoms with Crippen LogP contribution in [0.2, 0.25) is 0 Å². The molecule has 15 heavy (non-hydrogen) atoms. The first-order valence-electron chi connectivity index (χ1n) is 4.75. The van der Waals surface area contributed by atoms with Gasteiger partial charge in [-0.3, -0.25) is 0 Å². The summed E-state index contributed by atoms with van der Waals surface area (Å²) in [7, 11) is 0. The normalized spacial score (nSPS) is 11.4. The summed E-state index contributed by atoms with van der Waals surface area (Å²) in [6, 6.07) is 6.87.